The molecule has 7 nitrogen and oxygen atoms in total. The van der Waals surface area contributed by atoms with E-state index in [2.05, 4.69) is 10.5 Å². The quantitative estimate of drug-likeness (QED) is 0.313. The number of hydrazone groups is 1. The van der Waals surface area contributed by atoms with Crippen LogP contribution in [0.15, 0.2) is 82.8 Å². The van der Waals surface area contributed by atoms with Crippen molar-refractivity contribution in [2.75, 3.05) is 10.8 Å². The monoisotopic (exact) mass is 519 g/mol. The Kier molecular flexibility index (Phi) is 8.55. The maximum absolute atomic E-state index is 13.3. The maximum atomic E-state index is 13.3. The number of carbonyl (C=O) groups is 1. The van der Waals surface area contributed by atoms with Crippen molar-refractivity contribution >= 4 is 51.0 Å². The molecule has 34 heavy (non-hydrogen) atoms. The van der Waals surface area contributed by atoms with Crippen LogP contribution in [0.5, 0.6) is 5.75 Å². The van der Waals surface area contributed by atoms with Crippen molar-refractivity contribution in [3.63, 3.8) is 0 Å². The molecule has 0 bridgehead atoms. The third-order valence-electron chi connectivity index (χ3n) is 4.45. The van der Waals surface area contributed by atoms with Crippen molar-refractivity contribution in [1.82, 2.24) is 5.43 Å². The Bertz CT molecular complexity index is 1270. The van der Waals surface area contributed by atoms with Gasteiger partial charge in [-0.2, -0.15) is 5.10 Å². The first-order valence-corrected chi connectivity index (χ1v) is 12.5. The fourth-order valence-corrected chi connectivity index (χ4v) is 4.97. The zero-order chi connectivity index (χ0) is 24.7. The lowest BCUT2D eigenvalue weighted by Crippen LogP contribution is -2.39. The first-order chi connectivity index (χ1) is 16.2. The topological polar surface area (TPSA) is 88.1 Å². The van der Waals surface area contributed by atoms with Gasteiger partial charge in [-0.1, -0.05) is 41.4 Å². The lowest BCUT2D eigenvalue weighted by atomic mass is 10.2. The van der Waals surface area contributed by atoms with Crippen molar-refractivity contribution in [1.29, 1.82) is 0 Å². The van der Waals surface area contributed by atoms with Crippen LogP contribution in [0.25, 0.3) is 0 Å². The highest BCUT2D eigenvalue weighted by Gasteiger charge is 2.28. The highest BCUT2D eigenvalue weighted by Crippen LogP contribution is 2.32. The Morgan fingerprint density at radius 2 is 1.74 bits per heavy atom. The average molecular weight is 520 g/mol. The summed E-state index contributed by atoms with van der Waals surface area (Å²) < 4.78 is 33.1. The number of halogens is 2. The van der Waals surface area contributed by atoms with E-state index in [1.165, 1.54) is 36.5 Å². The number of carbonyl (C=O) groups excluding carboxylic acids is 1. The molecular formula is C24H23Cl2N3O4S. The minimum absolute atomic E-state index is 0.0148. The second-order valence-electron chi connectivity index (χ2n) is 7.45. The number of rotatable bonds is 9. The van der Waals surface area contributed by atoms with Crippen LogP contribution in [0, 0.1) is 0 Å². The number of ether oxygens (including phenoxy) is 1. The molecule has 3 aromatic rings. The van der Waals surface area contributed by atoms with E-state index in [4.69, 9.17) is 27.9 Å². The Hall–Kier alpha value is -3.07. The Balaban J connectivity index is 1.78. The van der Waals surface area contributed by atoms with Crippen LogP contribution in [0.3, 0.4) is 0 Å². The van der Waals surface area contributed by atoms with E-state index in [0.29, 0.717) is 5.02 Å². The number of anilines is 1. The van der Waals surface area contributed by atoms with Gasteiger partial charge in [0.1, 0.15) is 12.3 Å². The molecule has 1 N–H and O–H groups in total. The molecule has 0 saturated carbocycles. The maximum Gasteiger partial charge on any atom is 0.264 e. The standard InChI is InChI=1S/C24H23Cl2N3O4S/c1-17(2)33-20-11-8-18(9-12-20)15-27-28-24(30)16-29(23-13-10-19(25)14-22(23)26)34(31,32)21-6-4-3-5-7-21/h3-15,17H,16H2,1-2H3,(H,28,30)/b27-15-. The van der Waals surface area contributed by atoms with Crippen molar-refractivity contribution in [2.45, 2.75) is 24.8 Å². The molecule has 0 fully saturated rings. The van der Waals surface area contributed by atoms with Crippen molar-refractivity contribution in [2.24, 2.45) is 5.10 Å². The molecule has 3 rings (SSSR count). The van der Waals surface area contributed by atoms with Crippen LogP contribution in [0.2, 0.25) is 10.0 Å². The van der Waals surface area contributed by atoms with Crippen LogP contribution in [0.1, 0.15) is 19.4 Å². The molecular weight excluding hydrogens is 497 g/mol. The van der Waals surface area contributed by atoms with Crippen LogP contribution in [-0.4, -0.2) is 33.2 Å². The molecule has 0 aliphatic carbocycles. The summed E-state index contributed by atoms with van der Waals surface area (Å²) in [6, 6.07) is 19.3. The van der Waals surface area contributed by atoms with Crippen molar-refractivity contribution in [3.05, 3.63) is 88.4 Å². The highest BCUT2D eigenvalue weighted by molar-refractivity contribution is 7.92. The van der Waals surface area contributed by atoms with Gasteiger partial charge < -0.3 is 4.74 Å². The summed E-state index contributed by atoms with van der Waals surface area (Å²) in [4.78, 5) is 12.6. The number of sulfonamides is 1. The fraction of sp³-hybridized carbons (Fsp3) is 0.167. The van der Waals surface area contributed by atoms with E-state index >= 15 is 0 Å². The van der Waals surface area contributed by atoms with Gasteiger partial charge in [0.25, 0.3) is 15.9 Å². The molecule has 0 aromatic heterocycles. The molecule has 1 amide bonds. The third-order valence-corrected chi connectivity index (χ3v) is 6.76. The minimum Gasteiger partial charge on any atom is -0.491 e. The zero-order valence-electron chi connectivity index (χ0n) is 18.5. The van der Waals surface area contributed by atoms with Gasteiger partial charge in [-0.25, -0.2) is 13.8 Å². The van der Waals surface area contributed by atoms with Crippen LogP contribution in [-0.2, 0) is 14.8 Å². The molecule has 0 unspecified atom stereocenters. The highest BCUT2D eigenvalue weighted by atomic mass is 35.5. The molecule has 0 aliphatic heterocycles. The molecule has 10 heteroatoms. The number of amides is 1. The number of hydrogen-bond acceptors (Lipinski definition) is 5. The first kappa shape index (κ1) is 25.6. The second-order valence-corrected chi connectivity index (χ2v) is 10.2. The minimum atomic E-state index is -4.10. The normalized spacial score (nSPS) is 11.6. The summed E-state index contributed by atoms with van der Waals surface area (Å²) in [6.07, 6.45) is 1.51. The summed E-state index contributed by atoms with van der Waals surface area (Å²) >= 11 is 12.2. The molecule has 0 radical (unpaired) electrons. The summed E-state index contributed by atoms with van der Waals surface area (Å²) in [5.74, 6) is 0.0688. The Morgan fingerprint density at radius 1 is 1.06 bits per heavy atom. The van der Waals surface area contributed by atoms with Crippen LogP contribution in [0.4, 0.5) is 5.69 Å². The lowest BCUT2D eigenvalue weighted by molar-refractivity contribution is -0.119. The average Bonchev–Trinajstić information content (AvgIpc) is 2.79. The fourth-order valence-electron chi connectivity index (χ4n) is 2.95. The summed E-state index contributed by atoms with van der Waals surface area (Å²) in [5, 5.41) is 4.36. The van der Waals surface area contributed by atoms with E-state index in [1.54, 1.807) is 42.5 Å². The Morgan fingerprint density at radius 3 is 2.35 bits per heavy atom. The van der Waals surface area contributed by atoms with Gasteiger partial charge in [0.05, 0.1) is 27.9 Å². The summed E-state index contributed by atoms with van der Waals surface area (Å²) in [7, 11) is -4.10. The van der Waals surface area contributed by atoms with Crippen molar-refractivity contribution < 1.29 is 17.9 Å². The molecule has 0 spiro atoms. The predicted octanol–water partition coefficient (Wildman–Crippen LogP) is 5.13. The van der Waals surface area contributed by atoms with E-state index in [0.717, 1.165) is 15.6 Å². The molecule has 178 valence electrons. The zero-order valence-corrected chi connectivity index (χ0v) is 20.8. The molecule has 0 atom stereocenters. The molecule has 0 aliphatic rings. The van der Waals surface area contributed by atoms with E-state index < -0.39 is 22.5 Å². The molecule has 0 heterocycles. The van der Waals surface area contributed by atoms with Gasteiger partial charge in [0.2, 0.25) is 0 Å². The van der Waals surface area contributed by atoms with E-state index in [9.17, 15) is 13.2 Å². The molecule has 3 aromatic carbocycles. The second kappa shape index (κ2) is 11.4. The van der Waals surface area contributed by atoms with Crippen LogP contribution < -0.4 is 14.5 Å². The smallest absolute Gasteiger partial charge is 0.264 e. The number of nitrogens with one attached hydrogen (secondary N) is 1. The predicted molar refractivity (Wildman–Crippen MR) is 135 cm³/mol. The van der Waals surface area contributed by atoms with E-state index in [-0.39, 0.29) is 21.7 Å². The van der Waals surface area contributed by atoms with Gasteiger partial charge >= 0.3 is 0 Å². The van der Waals surface area contributed by atoms with Crippen LogP contribution >= 0.6 is 23.2 Å². The molecule has 0 saturated heterocycles. The van der Waals surface area contributed by atoms with Gasteiger partial charge in [-0.05, 0) is 74.0 Å². The number of hydrogen-bond donors (Lipinski definition) is 1. The third kappa shape index (κ3) is 6.72. The Labute approximate surface area is 209 Å². The first-order valence-electron chi connectivity index (χ1n) is 10.3. The van der Waals surface area contributed by atoms with Crippen molar-refractivity contribution in [3.8, 4) is 5.75 Å². The summed E-state index contributed by atoms with van der Waals surface area (Å²) in [5.41, 5.74) is 3.20. The van der Waals surface area contributed by atoms with Gasteiger partial charge in [-0.15, -0.1) is 0 Å². The lowest BCUT2D eigenvalue weighted by Gasteiger charge is -2.24. The van der Waals surface area contributed by atoms with Gasteiger partial charge in [0.15, 0.2) is 0 Å². The van der Waals surface area contributed by atoms with Gasteiger partial charge in [0, 0.05) is 5.02 Å². The summed E-state index contributed by atoms with van der Waals surface area (Å²) in [6.45, 7) is 3.32. The number of benzene rings is 3. The number of nitrogens with zero attached hydrogens (tertiary/aromatic N) is 2. The SMILES string of the molecule is CC(C)Oc1ccc(/C=N\NC(=O)CN(c2ccc(Cl)cc2Cl)S(=O)(=O)c2ccccc2)cc1. The van der Waals surface area contributed by atoms with E-state index in [1.807, 2.05) is 13.8 Å². The van der Waals surface area contributed by atoms with Gasteiger partial charge in [-0.3, -0.25) is 9.10 Å². The largest absolute Gasteiger partial charge is 0.491 e.